The number of carbonyl (C=O) groups excluding carboxylic acids is 2. The number of rotatable bonds is 3. The van der Waals surface area contributed by atoms with Crippen molar-refractivity contribution >= 4 is 11.9 Å². The summed E-state index contributed by atoms with van der Waals surface area (Å²) in [5, 5.41) is 0. The van der Waals surface area contributed by atoms with Gasteiger partial charge in [-0.2, -0.15) is 0 Å². The van der Waals surface area contributed by atoms with Crippen LogP contribution in [0.4, 0.5) is 0 Å². The number of hydrogen-bond acceptors (Lipinski definition) is 4. The number of esters is 2. The summed E-state index contributed by atoms with van der Waals surface area (Å²) in [7, 11) is 2.75. The van der Waals surface area contributed by atoms with Crippen molar-refractivity contribution in [2.24, 2.45) is 11.8 Å². The molecule has 0 amide bonds. The standard InChI is InChI=1S/C16H18O4/c1-19-15(17)12-8-9-13(16(18)20-2)14(10-12)11-6-4-3-5-7-11/h3-9,12-14H,10H2,1-2H3. The van der Waals surface area contributed by atoms with E-state index in [1.165, 1.54) is 14.2 Å². The molecular formula is C16H18O4. The highest BCUT2D eigenvalue weighted by Gasteiger charge is 2.35. The van der Waals surface area contributed by atoms with E-state index >= 15 is 0 Å². The molecule has 0 heterocycles. The Kier molecular flexibility index (Phi) is 4.56. The maximum absolute atomic E-state index is 11.9. The van der Waals surface area contributed by atoms with Crippen LogP contribution in [0.15, 0.2) is 42.5 Å². The highest BCUT2D eigenvalue weighted by atomic mass is 16.5. The predicted molar refractivity (Wildman–Crippen MR) is 74.0 cm³/mol. The van der Waals surface area contributed by atoms with Crippen LogP contribution in [0.1, 0.15) is 17.9 Å². The number of ether oxygens (including phenoxy) is 2. The molecular weight excluding hydrogens is 256 g/mol. The minimum absolute atomic E-state index is 0.0715. The van der Waals surface area contributed by atoms with Gasteiger partial charge in [-0.15, -0.1) is 0 Å². The predicted octanol–water partition coefficient (Wildman–Crippen LogP) is 2.31. The first-order valence-corrected chi connectivity index (χ1v) is 6.56. The third kappa shape index (κ3) is 2.90. The van der Waals surface area contributed by atoms with Gasteiger partial charge in [-0.3, -0.25) is 9.59 Å². The molecule has 1 aliphatic carbocycles. The Morgan fingerprint density at radius 1 is 1.00 bits per heavy atom. The van der Waals surface area contributed by atoms with E-state index in [0.717, 1.165) is 5.56 Å². The lowest BCUT2D eigenvalue weighted by Gasteiger charge is -2.29. The Morgan fingerprint density at radius 3 is 2.25 bits per heavy atom. The van der Waals surface area contributed by atoms with Crippen molar-refractivity contribution in [3.8, 4) is 0 Å². The Labute approximate surface area is 118 Å². The van der Waals surface area contributed by atoms with E-state index in [0.29, 0.717) is 6.42 Å². The summed E-state index contributed by atoms with van der Waals surface area (Å²) in [5.41, 5.74) is 1.03. The van der Waals surface area contributed by atoms with Crippen LogP contribution in [-0.4, -0.2) is 26.2 Å². The van der Waals surface area contributed by atoms with Crippen molar-refractivity contribution < 1.29 is 19.1 Å². The van der Waals surface area contributed by atoms with Gasteiger partial charge >= 0.3 is 11.9 Å². The van der Waals surface area contributed by atoms with E-state index in [1.54, 1.807) is 12.2 Å². The first-order valence-electron chi connectivity index (χ1n) is 6.56. The van der Waals surface area contributed by atoms with Crippen LogP contribution in [0.2, 0.25) is 0 Å². The van der Waals surface area contributed by atoms with Crippen LogP contribution in [0.3, 0.4) is 0 Å². The van der Waals surface area contributed by atoms with Gasteiger partial charge in [0.2, 0.25) is 0 Å². The van der Waals surface area contributed by atoms with Crippen molar-refractivity contribution in [3.63, 3.8) is 0 Å². The normalized spacial score (nSPS) is 25.0. The second-order valence-electron chi connectivity index (χ2n) is 4.82. The summed E-state index contributed by atoms with van der Waals surface area (Å²) in [6.07, 6.45) is 4.05. The van der Waals surface area contributed by atoms with Gasteiger partial charge in [0.25, 0.3) is 0 Å². The molecule has 0 aromatic heterocycles. The minimum Gasteiger partial charge on any atom is -0.469 e. The van der Waals surface area contributed by atoms with Gasteiger partial charge in [-0.25, -0.2) is 0 Å². The number of benzene rings is 1. The average molecular weight is 274 g/mol. The van der Waals surface area contributed by atoms with Crippen LogP contribution in [0.25, 0.3) is 0 Å². The fourth-order valence-electron chi connectivity index (χ4n) is 2.64. The van der Waals surface area contributed by atoms with E-state index < -0.39 is 0 Å². The Hall–Kier alpha value is -2.10. The van der Waals surface area contributed by atoms with Gasteiger partial charge in [-0.05, 0) is 12.0 Å². The van der Waals surface area contributed by atoms with Crippen LogP contribution >= 0.6 is 0 Å². The monoisotopic (exact) mass is 274 g/mol. The number of hydrogen-bond donors (Lipinski definition) is 0. The van der Waals surface area contributed by atoms with Crippen LogP contribution in [0, 0.1) is 11.8 Å². The van der Waals surface area contributed by atoms with Crippen molar-refractivity contribution in [2.75, 3.05) is 14.2 Å². The van der Waals surface area contributed by atoms with Gasteiger partial charge in [-0.1, -0.05) is 42.5 Å². The quantitative estimate of drug-likeness (QED) is 0.627. The molecule has 0 fully saturated rings. The van der Waals surface area contributed by atoms with Gasteiger partial charge < -0.3 is 9.47 Å². The molecule has 3 atom stereocenters. The number of methoxy groups -OCH3 is 2. The Bertz CT molecular complexity index is 506. The Balaban J connectivity index is 2.31. The maximum atomic E-state index is 11.9. The van der Waals surface area contributed by atoms with Gasteiger partial charge in [0.1, 0.15) is 0 Å². The van der Waals surface area contributed by atoms with E-state index in [4.69, 9.17) is 9.47 Å². The lowest BCUT2D eigenvalue weighted by atomic mass is 9.75. The van der Waals surface area contributed by atoms with Crippen molar-refractivity contribution in [1.29, 1.82) is 0 Å². The minimum atomic E-state index is -0.358. The third-order valence-electron chi connectivity index (χ3n) is 3.70. The zero-order chi connectivity index (χ0) is 14.5. The molecule has 0 saturated heterocycles. The SMILES string of the molecule is COC(=O)C1C=CC(C(=O)OC)C(c2ccccc2)C1. The molecule has 1 aliphatic rings. The first-order chi connectivity index (χ1) is 9.67. The number of carbonyl (C=O) groups is 2. The van der Waals surface area contributed by atoms with Crippen molar-refractivity contribution in [3.05, 3.63) is 48.0 Å². The summed E-state index contributed by atoms with van der Waals surface area (Å²) in [6, 6.07) is 9.71. The van der Waals surface area contributed by atoms with Crippen molar-refractivity contribution in [1.82, 2.24) is 0 Å². The second-order valence-corrected chi connectivity index (χ2v) is 4.82. The molecule has 20 heavy (non-hydrogen) atoms. The summed E-state index contributed by atoms with van der Waals surface area (Å²) in [6.45, 7) is 0. The van der Waals surface area contributed by atoms with Crippen LogP contribution in [0.5, 0.6) is 0 Å². The summed E-state index contributed by atoms with van der Waals surface area (Å²) >= 11 is 0. The molecule has 0 N–H and O–H groups in total. The Morgan fingerprint density at radius 2 is 1.65 bits per heavy atom. The molecule has 0 saturated carbocycles. The molecule has 0 spiro atoms. The van der Waals surface area contributed by atoms with Crippen molar-refractivity contribution in [2.45, 2.75) is 12.3 Å². The van der Waals surface area contributed by atoms with Gasteiger partial charge in [0.15, 0.2) is 0 Å². The molecule has 0 bridgehead atoms. The second kappa shape index (κ2) is 6.37. The highest BCUT2D eigenvalue weighted by molar-refractivity contribution is 5.79. The molecule has 1 aromatic carbocycles. The molecule has 3 unspecified atom stereocenters. The maximum Gasteiger partial charge on any atom is 0.313 e. The highest BCUT2D eigenvalue weighted by Crippen LogP contribution is 2.37. The third-order valence-corrected chi connectivity index (χ3v) is 3.70. The van der Waals surface area contributed by atoms with E-state index in [-0.39, 0.29) is 29.7 Å². The molecule has 4 nitrogen and oxygen atoms in total. The molecule has 1 aromatic rings. The largest absolute Gasteiger partial charge is 0.469 e. The zero-order valence-corrected chi connectivity index (χ0v) is 11.6. The van der Waals surface area contributed by atoms with Gasteiger partial charge in [0, 0.05) is 5.92 Å². The summed E-state index contributed by atoms with van der Waals surface area (Å²) in [4.78, 5) is 23.6. The molecule has 0 radical (unpaired) electrons. The summed E-state index contributed by atoms with van der Waals surface area (Å²) < 4.78 is 9.65. The zero-order valence-electron chi connectivity index (χ0n) is 11.6. The first kappa shape index (κ1) is 14.3. The molecule has 2 rings (SSSR count). The summed E-state index contributed by atoms with van der Waals surface area (Å²) in [5.74, 6) is -1.30. The van der Waals surface area contributed by atoms with Gasteiger partial charge in [0.05, 0.1) is 26.1 Å². The van der Waals surface area contributed by atoms with E-state index in [2.05, 4.69) is 0 Å². The lowest BCUT2D eigenvalue weighted by molar-refractivity contribution is -0.148. The molecule has 106 valence electrons. The fraction of sp³-hybridized carbons (Fsp3) is 0.375. The molecule has 0 aliphatic heterocycles. The van der Waals surface area contributed by atoms with E-state index in [9.17, 15) is 9.59 Å². The smallest absolute Gasteiger partial charge is 0.313 e. The molecule has 4 heteroatoms. The average Bonchev–Trinajstić information content (AvgIpc) is 2.53. The topological polar surface area (TPSA) is 52.6 Å². The van der Waals surface area contributed by atoms with Crippen LogP contribution in [-0.2, 0) is 19.1 Å². The fourth-order valence-corrected chi connectivity index (χ4v) is 2.64. The van der Waals surface area contributed by atoms with Crippen LogP contribution < -0.4 is 0 Å². The van der Waals surface area contributed by atoms with E-state index in [1.807, 2.05) is 30.3 Å². The lowest BCUT2D eigenvalue weighted by Crippen LogP contribution is -2.29.